The van der Waals surface area contributed by atoms with Crippen LogP contribution in [0.25, 0.3) is 0 Å². The molecule has 0 aromatic carbocycles. The second-order valence-electron chi connectivity index (χ2n) is 6.02. The number of rotatable bonds is 4. The Morgan fingerprint density at radius 1 is 1.50 bits per heavy atom. The second-order valence-corrected chi connectivity index (χ2v) is 6.02. The first-order valence-corrected chi connectivity index (χ1v) is 6.97. The first-order valence-electron chi connectivity index (χ1n) is 6.97. The van der Waals surface area contributed by atoms with Crippen LogP contribution in [0.3, 0.4) is 0 Å². The molecule has 8 nitrogen and oxygen atoms in total. The van der Waals surface area contributed by atoms with Crippen LogP contribution in [0, 0.1) is 17.8 Å². The van der Waals surface area contributed by atoms with Crippen LogP contribution >= 0.6 is 0 Å². The number of carboxylic acids is 1. The third-order valence-corrected chi connectivity index (χ3v) is 4.80. The molecule has 0 radical (unpaired) electrons. The standard InChI is InChI=1S/C13H16FNO7/c1-4-6(22-12(19)21-4)3-20-10(16)8-5-2-7(14)13(15,9(5)8)11(17)18/h4-9H,2-3,15H2,1H3,(H,17,18)/t4?,5-,6?,7-,8-,9-,13-/m0/s1. The molecule has 22 heavy (non-hydrogen) atoms. The molecule has 1 aliphatic heterocycles. The Balaban J connectivity index is 1.58. The van der Waals surface area contributed by atoms with E-state index >= 15 is 0 Å². The van der Waals surface area contributed by atoms with Crippen LogP contribution in [0.5, 0.6) is 0 Å². The fourth-order valence-corrected chi connectivity index (χ4v) is 3.46. The third kappa shape index (κ3) is 2.03. The number of carbonyl (C=O) groups excluding carboxylic acids is 2. The van der Waals surface area contributed by atoms with Crippen molar-refractivity contribution in [2.75, 3.05) is 6.61 Å². The number of esters is 1. The van der Waals surface area contributed by atoms with Gasteiger partial charge in [0.1, 0.15) is 24.4 Å². The lowest BCUT2D eigenvalue weighted by Gasteiger charge is -2.25. The smallest absolute Gasteiger partial charge is 0.480 e. The van der Waals surface area contributed by atoms with E-state index in [0.29, 0.717) is 0 Å². The predicted octanol–water partition coefficient (Wildman–Crippen LogP) is -0.160. The zero-order valence-electron chi connectivity index (χ0n) is 11.7. The van der Waals surface area contributed by atoms with E-state index in [1.54, 1.807) is 6.92 Å². The Labute approximate surface area is 124 Å². The molecule has 0 bridgehead atoms. The average Bonchev–Trinajstić information content (AvgIpc) is 2.96. The molecule has 1 heterocycles. The minimum Gasteiger partial charge on any atom is -0.480 e. The van der Waals surface area contributed by atoms with Gasteiger partial charge in [0.25, 0.3) is 0 Å². The maximum absolute atomic E-state index is 13.7. The van der Waals surface area contributed by atoms with Gasteiger partial charge in [0.2, 0.25) is 0 Å². The van der Waals surface area contributed by atoms with E-state index in [0.717, 1.165) is 0 Å². The molecule has 1 saturated heterocycles. The van der Waals surface area contributed by atoms with E-state index in [4.69, 9.17) is 25.1 Å². The normalized spacial score (nSPS) is 45.7. The van der Waals surface area contributed by atoms with Crippen molar-refractivity contribution in [2.45, 2.75) is 37.3 Å². The maximum atomic E-state index is 13.7. The van der Waals surface area contributed by atoms with Crippen LogP contribution in [0.1, 0.15) is 13.3 Å². The number of carbonyl (C=O) groups is 3. The van der Waals surface area contributed by atoms with Crippen LogP contribution in [0.2, 0.25) is 0 Å². The second kappa shape index (κ2) is 4.80. The molecule has 2 aliphatic carbocycles. The molecule has 0 aromatic rings. The summed E-state index contributed by atoms with van der Waals surface area (Å²) in [6, 6.07) is 0. The molecule has 3 aliphatic rings. The van der Waals surface area contributed by atoms with Crippen LogP contribution in [-0.4, -0.2) is 53.7 Å². The van der Waals surface area contributed by atoms with Crippen molar-refractivity contribution in [1.29, 1.82) is 0 Å². The van der Waals surface area contributed by atoms with Crippen molar-refractivity contribution in [3.8, 4) is 0 Å². The Morgan fingerprint density at radius 3 is 2.73 bits per heavy atom. The first-order chi connectivity index (χ1) is 10.3. The van der Waals surface area contributed by atoms with Crippen molar-refractivity contribution >= 4 is 18.1 Å². The highest BCUT2D eigenvalue weighted by molar-refractivity contribution is 5.86. The zero-order chi connectivity index (χ0) is 16.2. The molecule has 3 fully saturated rings. The number of ether oxygens (including phenoxy) is 3. The van der Waals surface area contributed by atoms with Gasteiger partial charge in [-0.1, -0.05) is 0 Å². The van der Waals surface area contributed by atoms with Crippen molar-refractivity contribution in [1.82, 2.24) is 0 Å². The molecule has 0 spiro atoms. The molecule has 122 valence electrons. The van der Waals surface area contributed by atoms with Crippen molar-refractivity contribution < 1.29 is 38.1 Å². The largest absolute Gasteiger partial charge is 0.509 e. The maximum Gasteiger partial charge on any atom is 0.509 e. The molecule has 2 unspecified atom stereocenters. The summed E-state index contributed by atoms with van der Waals surface area (Å²) in [6.45, 7) is 1.41. The highest BCUT2D eigenvalue weighted by Crippen LogP contribution is 2.62. The number of aliphatic carboxylic acids is 1. The van der Waals surface area contributed by atoms with Gasteiger partial charge in [0, 0.05) is 5.92 Å². The quantitative estimate of drug-likeness (QED) is 0.685. The summed E-state index contributed by atoms with van der Waals surface area (Å²) in [5, 5.41) is 9.11. The van der Waals surface area contributed by atoms with Gasteiger partial charge < -0.3 is 25.1 Å². The van der Waals surface area contributed by atoms with E-state index in [-0.39, 0.29) is 13.0 Å². The van der Waals surface area contributed by atoms with E-state index < -0.39 is 59.8 Å². The summed E-state index contributed by atoms with van der Waals surface area (Å²) in [4.78, 5) is 34.1. The minimum absolute atomic E-state index is 0.0643. The van der Waals surface area contributed by atoms with Crippen LogP contribution in [-0.2, 0) is 23.8 Å². The molecular weight excluding hydrogens is 301 g/mol. The van der Waals surface area contributed by atoms with E-state index in [2.05, 4.69) is 0 Å². The molecule has 3 N–H and O–H groups in total. The Morgan fingerprint density at radius 2 is 2.18 bits per heavy atom. The van der Waals surface area contributed by atoms with Crippen molar-refractivity contribution in [2.24, 2.45) is 23.5 Å². The number of hydrogen-bond acceptors (Lipinski definition) is 7. The molecular formula is C13H16FNO7. The van der Waals surface area contributed by atoms with Gasteiger partial charge in [0.05, 0.1) is 5.92 Å². The van der Waals surface area contributed by atoms with E-state index in [1.807, 2.05) is 0 Å². The SMILES string of the molecule is CC1OC(=O)OC1COC(=O)[C@H]1[C@@H]2C[C@H](F)[C@@](N)(C(=O)O)[C@@H]21. The molecule has 9 heteroatoms. The molecule has 3 rings (SSSR count). The summed E-state index contributed by atoms with van der Waals surface area (Å²) in [5.41, 5.74) is 3.61. The van der Waals surface area contributed by atoms with Gasteiger partial charge in [-0.05, 0) is 19.3 Å². The number of hydrogen-bond donors (Lipinski definition) is 2. The van der Waals surface area contributed by atoms with Gasteiger partial charge in [-0.25, -0.2) is 9.18 Å². The first kappa shape index (κ1) is 15.0. The highest BCUT2D eigenvalue weighted by Gasteiger charge is 2.74. The topological polar surface area (TPSA) is 125 Å². The fourth-order valence-electron chi connectivity index (χ4n) is 3.46. The van der Waals surface area contributed by atoms with Gasteiger partial charge in [0.15, 0.2) is 6.10 Å². The molecule has 2 saturated carbocycles. The fraction of sp³-hybridized carbons (Fsp3) is 0.769. The Hall–Kier alpha value is -1.90. The summed E-state index contributed by atoms with van der Waals surface area (Å²) in [6.07, 6.45) is -3.81. The summed E-state index contributed by atoms with van der Waals surface area (Å²) >= 11 is 0. The van der Waals surface area contributed by atoms with Gasteiger partial charge in [-0.15, -0.1) is 0 Å². The highest BCUT2D eigenvalue weighted by atomic mass is 19.1. The minimum atomic E-state index is -2.04. The van der Waals surface area contributed by atoms with Crippen LogP contribution in [0.15, 0.2) is 0 Å². The third-order valence-electron chi connectivity index (χ3n) is 4.80. The zero-order valence-corrected chi connectivity index (χ0v) is 11.7. The molecule has 7 atom stereocenters. The molecule has 0 amide bonds. The monoisotopic (exact) mass is 317 g/mol. The lowest BCUT2D eigenvalue weighted by Crippen LogP contribution is -2.56. The summed E-state index contributed by atoms with van der Waals surface area (Å²) < 4.78 is 28.3. The number of alkyl halides is 1. The number of nitrogens with two attached hydrogens (primary N) is 1. The number of carboxylic acid groups (broad SMARTS) is 1. The van der Waals surface area contributed by atoms with Gasteiger partial charge in [-0.2, -0.15) is 0 Å². The van der Waals surface area contributed by atoms with Gasteiger partial charge >= 0.3 is 18.1 Å². The van der Waals surface area contributed by atoms with Crippen molar-refractivity contribution in [3.63, 3.8) is 0 Å². The lowest BCUT2D eigenvalue weighted by molar-refractivity contribution is -0.151. The number of fused-ring (bicyclic) bond motifs is 1. The summed E-state index contributed by atoms with van der Waals surface area (Å²) in [5.74, 6) is -3.99. The Bertz CT molecular complexity index is 540. The van der Waals surface area contributed by atoms with E-state index in [1.165, 1.54) is 0 Å². The summed E-state index contributed by atoms with van der Waals surface area (Å²) in [7, 11) is 0. The Kier molecular flexibility index (Phi) is 3.28. The predicted molar refractivity (Wildman–Crippen MR) is 66.3 cm³/mol. The van der Waals surface area contributed by atoms with Crippen LogP contribution < -0.4 is 5.73 Å². The van der Waals surface area contributed by atoms with E-state index in [9.17, 15) is 18.8 Å². The number of halogens is 1. The molecule has 0 aromatic heterocycles. The lowest BCUT2D eigenvalue weighted by atomic mass is 9.90. The van der Waals surface area contributed by atoms with Crippen molar-refractivity contribution in [3.05, 3.63) is 0 Å². The number of cyclic esters (lactones) is 2. The van der Waals surface area contributed by atoms with Gasteiger partial charge in [-0.3, -0.25) is 9.59 Å². The average molecular weight is 317 g/mol. The van der Waals surface area contributed by atoms with Crippen LogP contribution in [0.4, 0.5) is 9.18 Å².